The molecule has 2 aliphatic rings. The van der Waals surface area contributed by atoms with Crippen molar-refractivity contribution in [2.24, 2.45) is 10.7 Å². The summed E-state index contributed by atoms with van der Waals surface area (Å²) in [7, 11) is 0. The maximum atomic E-state index is 10.4. The van der Waals surface area contributed by atoms with Gasteiger partial charge in [-0.2, -0.15) is 5.26 Å². The van der Waals surface area contributed by atoms with E-state index in [1.807, 2.05) is 0 Å². The van der Waals surface area contributed by atoms with Gasteiger partial charge in [0.1, 0.15) is 24.1 Å². The first kappa shape index (κ1) is 14.7. The Morgan fingerprint density at radius 1 is 1.60 bits per heavy atom. The lowest BCUT2D eigenvalue weighted by atomic mass is 9.87. The van der Waals surface area contributed by atoms with Gasteiger partial charge in [-0.1, -0.05) is 0 Å². The average molecular weight is 284 g/mol. The third kappa shape index (κ3) is 1.78. The molecule has 2 aliphatic heterocycles. The fraction of sp³-hybridized carbons (Fsp3) is 0.636. The highest BCUT2D eigenvalue weighted by Crippen LogP contribution is 2.43. The lowest BCUT2D eigenvalue weighted by molar-refractivity contribution is -0.206. The lowest BCUT2D eigenvalue weighted by Crippen LogP contribution is -2.64. The molecule has 0 bridgehead atoms. The van der Waals surface area contributed by atoms with Crippen molar-refractivity contribution in [3.8, 4) is 6.07 Å². The van der Waals surface area contributed by atoms with E-state index in [0.717, 1.165) is 4.90 Å². The molecule has 2 heterocycles. The van der Waals surface area contributed by atoms with E-state index in [9.17, 15) is 20.6 Å². The van der Waals surface area contributed by atoms with E-state index in [1.165, 1.54) is 19.2 Å². The van der Waals surface area contributed by atoms with Crippen molar-refractivity contribution >= 4 is 5.84 Å². The Morgan fingerprint density at radius 3 is 2.70 bits per heavy atom. The van der Waals surface area contributed by atoms with Crippen LogP contribution in [0.2, 0.25) is 0 Å². The highest BCUT2D eigenvalue weighted by atomic mass is 16.6. The van der Waals surface area contributed by atoms with Crippen molar-refractivity contribution in [1.82, 2.24) is 4.90 Å². The molecule has 0 aromatic heterocycles. The number of nitrogens with zero attached hydrogens (tertiary/aromatic N) is 3. The zero-order valence-corrected chi connectivity index (χ0v) is 10.7. The summed E-state index contributed by atoms with van der Waals surface area (Å²) in [6.45, 7) is 0.582. The van der Waals surface area contributed by atoms with Gasteiger partial charge in [0.05, 0.1) is 6.61 Å². The van der Waals surface area contributed by atoms with E-state index in [4.69, 9.17) is 15.6 Å². The molecule has 110 valence electrons. The number of nitrogens with two attached hydrogens (primary N) is 1. The summed E-state index contributed by atoms with van der Waals surface area (Å²) in [6, 6.07) is 1.74. The van der Waals surface area contributed by atoms with Crippen LogP contribution in [0.3, 0.4) is 0 Å². The number of ether oxygens (including phenoxy) is 1. The van der Waals surface area contributed by atoms with E-state index in [2.05, 4.69) is 4.99 Å². The quantitative estimate of drug-likeness (QED) is 0.363. The summed E-state index contributed by atoms with van der Waals surface area (Å²) in [5.74, 6) is 0.0405. The van der Waals surface area contributed by atoms with Crippen LogP contribution in [-0.4, -0.2) is 67.7 Å². The molecule has 1 saturated heterocycles. The van der Waals surface area contributed by atoms with Gasteiger partial charge in [0.15, 0.2) is 5.60 Å². The molecular formula is C11H16N4O5. The smallest absolute Gasteiger partial charge is 0.266 e. The summed E-state index contributed by atoms with van der Waals surface area (Å²) >= 11 is 0. The predicted molar refractivity (Wildman–Crippen MR) is 65.5 cm³/mol. The van der Waals surface area contributed by atoms with Crippen LogP contribution in [0.25, 0.3) is 0 Å². The van der Waals surface area contributed by atoms with Crippen LogP contribution in [-0.2, 0) is 4.74 Å². The fourth-order valence-corrected chi connectivity index (χ4v) is 2.36. The standard InChI is InChI=1S/C11H16N4O5/c1-10(19)8(17)6(4-16)20-11(10,5-12)15-3-2-7(13)14-9(15)18/h2-3,6,8-9,16-19H,4H2,1H3,(H2,13,14)/t6-,8-,9?,10-,11-/m1/s1. The largest absolute Gasteiger partial charge is 0.394 e. The average Bonchev–Trinajstić information content (AvgIpc) is 2.59. The Kier molecular flexibility index (Phi) is 3.45. The highest BCUT2D eigenvalue weighted by Gasteiger charge is 2.67. The first-order valence-corrected chi connectivity index (χ1v) is 5.88. The van der Waals surface area contributed by atoms with Gasteiger partial charge < -0.3 is 30.9 Å². The van der Waals surface area contributed by atoms with Gasteiger partial charge in [-0.25, -0.2) is 4.99 Å². The van der Waals surface area contributed by atoms with E-state index < -0.39 is 36.5 Å². The lowest BCUT2D eigenvalue weighted by Gasteiger charge is -2.43. The van der Waals surface area contributed by atoms with Crippen molar-refractivity contribution in [2.75, 3.05) is 6.61 Å². The zero-order valence-electron chi connectivity index (χ0n) is 10.7. The summed E-state index contributed by atoms with van der Waals surface area (Å²) in [5.41, 5.74) is 1.24. The SMILES string of the molecule is C[C@@]1(O)[C@H](O)[C@@H](CO)O[C@@]1(C#N)N1C=CC(N)=NC1O. The van der Waals surface area contributed by atoms with Gasteiger partial charge in [-0.3, -0.25) is 4.90 Å². The molecule has 6 N–H and O–H groups in total. The molecule has 2 rings (SSSR count). The number of rotatable bonds is 2. The van der Waals surface area contributed by atoms with Crippen LogP contribution in [0.5, 0.6) is 0 Å². The van der Waals surface area contributed by atoms with E-state index in [1.54, 1.807) is 6.07 Å². The van der Waals surface area contributed by atoms with Crippen LogP contribution in [0.4, 0.5) is 0 Å². The number of aliphatic hydroxyl groups excluding tert-OH is 3. The second kappa shape index (κ2) is 4.69. The Morgan fingerprint density at radius 2 is 2.25 bits per heavy atom. The van der Waals surface area contributed by atoms with Crippen molar-refractivity contribution in [3.05, 3.63) is 12.3 Å². The molecule has 20 heavy (non-hydrogen) atoms. The Bertz CT molecular complexity index is 500. The molecule has 0 radical (unpaired) electrons. The Balaban J connectivity index is 2.46. The van der Waals surface area contributed by atoms with Crippen LogP contribution < -0.4 is 5.73 Å². The molecule has 1 unspecified atom stereocenters. The van der Waals surface area contributed by atoms with Gasteiger partial charge >= 0.3 is 0 Å². The molecule has 0 amide bonds. The number of aliphatic imine (C=N–C) groups is 1. The number of aliphatic hydroxyl groups is 4. The molecule has 9 nitrogen and oxygen atoms in total. The van der Waals surface area contributed by atoms with E-state index >= 15 is 0 Å². The maximum Gasteiger partial charge on any atom is 0.266 e. The number of hydrogen-bond acceptors (Lipinski definition) is 9. The minimum atomic E-state index is -2.11. The third-order valence-corrected chi connectivity index (χ3v) is 3.55. The molecule has 0 aliphatic carbocycles. The summed E-state index contributed by atoms with van der Waals surface area (Å²) in [4.78, 5) is 4.58. The third-order valence-electron chi connectivity index (χ3n) is 3.55. The summed E-state index contributed by atoms with van der Waals surface area (Å²) in [5, 5.41) is 48.9. The Labute approximate surface area is 114 Å². The van der Waals surface area contributed by atoms with E-state index in [0.29, 0.717) is 0 Å². The number of nitriles is 1. The molecule has 5 atom stereocenters. The first-order chi connectivity index (χ1) is 9.30. The fourth-order valence-electron chi connectivity index (χ4n) is 2.36. The van der Waals surface area contributed by atoms with Crippen molar-refractivity contribution in [1.29, 1.82) is 5.26 Å². The normalized spacial score (nSPS) is 44.3. The predicted octanol–water partition coefficient (Wildman–Crippen LogP) is -2.83. The molecule has 1 fully saturated rings. The second-order valence-electron chi connectivity index (χ2n) is 4.81. The van der Waals surface area contributed by atoms with Crippen molar-refractivity contribution < 1.29 is 25.2 Å². The molecular weight excluding hydrogens is 268 g/mol. The molecule has 0 saturated carbocycles. The van der Waals surface area contributed by atoms with Crippen LogP contribution in [0.15, 0.2) is 17.3 Å². The first-order valence-electron chi connectivity index (χ1n) is 5.88. The van der Waals surface area contributed by atoms with Gasteiger partial charge in [0.2, 0.25) is 6.35 Å². The van der Waals surface area contributed by atoms with Crippen LogP contribution in [0.1, 0.15) is 6.92 Å². The van der Waals surface area contributed by atoms with E-state index in [-0.39, 0.29) is 5.84 Å². The molecule has 0 aromatic rings. The molecule has 0 spiro atoms. The highest BCUT2D eigenvalue weighted by molar-refractivity contribution is 5.91. The second-order valence-corrected chi connectivity index (χ2v) is 4.81. The van der Waals surface area contributed by atoms with Crippen LogP contribution in [0, 0.1) is 11.3 Å². The Hall–Kier alpha value is -1.70. The molecule has 9 heteroatoms. The maximum absolute atomic E-state index is 10.4. The van der Waals surface area contributed by atoms with Gasteiger partial charge in [-0.15, -0.1) is 0 Å². The monoisotopic (exact) mass is 284 g/mol. The topological polar surface area (TPSA) is 156 Å². The minimum Gasteiger partial charge on any atom is -0.394 e. The summed E-state index contributed by atoms with van der Waals surface area (Å²) in [6.07, 6.45) is -1.71. The van der Waals surface area contributed by atoms with Crippen molar-refractivity contribution in [3.63, 3.8) is 0 Å². The number of amidine groups is 1. The van der Waals surface area contributed by atoms with Crippen LogP contribution >= 0.6 is 0 Å². The molecule has 0 aromatic carbocycles. The van der Waals surface area contributed by atoms with Gasteiger partial charge in [-0.05, 0) is 13.0 Å². The van der Waals surface area contributed by atoms with Crippen molar-refractivity contribution in [2.45, 2.75) is 36.8 Å². The minimum absolute atomic E-state index is 0.0405. The zero-order chi connectivity index (χ0) is 15.1. The van der Waals surface area contributed by atoms with Gasteiger partial charge in [0, 0.05) is 6.20 Å². The summed E-state index contributed by atoms with van der Waals surface area (Å²) < 4.78 is 5.31. The van der Waals surface area contributed by atoms with Gasteiger partial charge in [0.25, 0.3) is 5.72 Å². The number of hydrogen-bond donors (Lipinski definition) is 5.